The van der Waals surface area contributed by atoms with Crippen LogP contribution in [0, 0.1) is 0 Å². The van der Waals surface area contributed by atoms with E-state index < -0.39 is 0 Å². The number of anilines is 2. The lowest BCUT2D eigenvalue weighted by Gasteiger charge is -2.17. The van der Waals surface area contributed by atoms with Crippen LogP contribution >= 0.6 is 0 Å². The Labute approximate surface area is 141 Å². The van der Waals surface area contributed by atoms with Crippen LogP contribution in [-0.4, -0.2) is 41.3 Å². The quantitative estimate of drug-likeness (QED) is 0.882. The van der Waals surface area contributed by atoms with Crippen LogP contribution in [0.25, 0.3) is 0 Å². The van der Waals surface area contributed by atoms with E-state index in [2.05, 4.69) is 5.32 Å². The Balaban J connectivity index is 2.28. The molecule has 0 aliphatic carbocycles. The van der Waals surface area contributed by atoms with E-state index in [4.69, 9.17) is 14.2 Å². The lowest BCUT2D eigenvalue weighted by atomic mass is 10.1. The first-order valence-electron chi connectivity index (χ1n) is 7.38. The summed E-state index contributed by atoms with van der Waals surface area (Å²) in [6.07, 6.45) is 0. The lowest BCUT2D eigenvalue weighted by Crippen LogP contribution is -2.15. The Hall–Kier alpha value is -2.89. The number of amides is 1. The third-order valence-electron chi connectivity index (χ3n) is 3.53. The van der Waals surface area contributed by atoms with Crippen LogP contribution in [-0.2, 0) is 0 Å². The molecule has 24 heavy (non-hydrogen) atoms. The molecule has 1 N–H and O–H groups in total. The summed E-state index contributed by atoms with van der Waals surface area (Å²) < 4.78 is 15.7. The molecule has 0 heterocycles. The smallest absolute Gasteiger partial charge is 0.255 e. The van der Waals surface area contributed by atoms with Crippen LogP contribution in [0.1, 0.15) is 10.4 Å². The summed E-state index contributed by atoms with van der Waals surface area (Å²) >= 11 is 0. The Morgan fingerprint density at radius 1 is 0.917 bits per heavy atom. The molecular formula is C18H22N2O4. The molecule has 128 valence electrons. The molecule has 0 unspecified atom stereocenters. The molecule has 0 fully saturated rings. The number of carbonyl (C=O) groups is 1. The predicted octanol–water partition coefficient (Wildman–Crippen LogP) is 3.03. The number of hydrogen-bond donors (Lipinski definition) is 1. The molecular weight excluding hydrogens is 308 g/mol. The Morgan fingerprint density at radius 3 is 2.04 bits per heavy atom. The van der Waals surface area contributed by atoms with Crippen molar-refractivity contribution in [2.45, 2.75) is 0 Å². The van der Waals surface area contributed by atoms with Crippen molar-refractivity contribution in [1.29, 1.82) is 0 Å². The zero-order valence-corrected chi connectivity index (χ0v) is 14.5. The van der Waals surface area contributed by atoms with E-state index in [9.17, 15) is 4.79 Å². The molecule has 0 saturated carbocycles. The molecule has 0 aromatic heterocycles. The summed E-state index contributed by atoms with van der Waals surface area (Å²) in [5.41, 5.74) is 1.95. The topological polar surface area (TPSA) is 60.0 Å². The minimum absolute atomic E-state index is 0.226. The fourth-order valence-electron chi connectivity index (χ4n) is 2.26. The van der Waals surface area contributed by atoms with Crippen LogP contribution in [0.3, 0.4) is 0 Å². The van der Waals surface area contributed by atoms with E-state index >= 15 is 0 Å². The van der Waals surface area contributed by atoms with E-state index in [1.165, 1.54) is 0 Å². The second kappa shape index (κ2) is 7.59. The van der Waals surface area contributed by atoms with Gasteiger partial charge in [0, 0.05) is 43.5 Å². The van der Waals surface area contributed by atoms with Gasteiger partial charge < -0.3 is 24.4 Å². The van der Waals surface area contributed by atoms with Crippen LogP contribution in [0.4, 0.5) is 11.4 Å². The summed E-state index contributed by atoms with van der Waals surface area (Å²) in [4.78, 5) is 14.4. The molecule has 0 saturated heterocycles. The molecule has 6 heteroatoms. The monoisotopic (exact) mass is 330 g/mol. The van der Waals surface area contributed by atoms with Crippen molar-refractivity contribution in [3.8, 4) is 17.2 Å². The highest BCUT2D eigenvalue weighted by molar-refractivity contribution is 6.05. The molecule has 6 nitrogen and oxygen atoms in total. The van der Waals surface area contributed by atoms with Gasteiger partial charge in [-0.05, 0) is 18.2 Å². The summed E-state index contributed by atoms with van der Waals surface area (Å²) in [7, 11) is 8.52. The molecule has 0 aliphatic rings. The van der Waals surface area contributed by atoms with Gasteiger partial charge in [-0.15, -0.1) is 0 Å². The predicted molar refractivity (Wildman–Crippen MR) is 94.8 cm³/mol. The van der Waals surface area contributed by atoms with Gasteiger partial charge in [0.05, 0.1) is 27.0 Å². The van der Waals surface area contributed by atoms with Crippen molar-refractivity contribution >= 4 is 17.3 Å². The fourth-order valence-corrected chi connectivity index (χ4v) is 2.26. The second-order valence-electron chi connectivity index (χ2n) is 5.34. The Morgan fingerprint density at radius 2 is 1.54 bits per heavy atom. The highest BCUT2D eigenvalue weighted by Gasteiger charge is 2.13. The number of rotatable bonds is 6. The summed E-state index contributed by atoms with van der Waals surface area (Å²) in [5, 5.41) is 2.85. The summed E-state index contributed by atoms with van der Waals surface area (Å²) in [6.45, 7) is 0. The van der Waals surface area contributed by atoms with Gasteiger partial charge in [0.15, 0.2) is 0 Å². The Bertz CT molecular complexity index is 707. The van der Waals surface area contributed by atoms with Gasteiger partial charge in [-0.2, -0.15) is 0 Å². The molecule has 0 radical (unpaired) electrons. The highest BCUT2D eigenvalue weighted by atomic mass is 16.5. The number of methoxy groups -OCH3 is 3. The number of hydrogen-bond acceptors (Lipinski definition) is 5. The first-order chi connectivity index (χ1) is 11.5. The van der Waals surface area contributed by atoms with Gasteiger partial charge in [-0.1, -0.05) is 0 Å². The highest BCUT2D eigenvalue weighted by Crippen LogP contribution is 2.29. The van der Waals surface area contributed by atoms with Crippen molar-refractivity contribution in [2.24, 2.45) is 0 Å². The lowest BCUT2D eigenvalue weighted by molar-refractivity contribution is 0.102. The molecule has 0 spiro atoms. The number of nitrogens with zero attached hydrogens (tertiary/aromatic N) is 1. The van der Waals surface area contributed by atoms with Crippen molar-refractivity contribution in [3.63, 3.8) is 0 Å². The zero-order chi connectivity index (χ0) is 17.7. The fraction of sp³-hybridized carbons (Fsp3) is 0.278. The van der Waals surface area contributed by atoms with Gasteiger partial charge >= 0.3 is 0 Å². The SMILES string of the molecule is COc1cc(NC(=O)c2ccc(OC)c(N(C)C)c2)cc(OC)c1. The van der Waals surface area contributed by atoms with Gasteiger partial charge in [-0.3, -0.25) is 4.79 Å². The second-order valence-corrected chi connectivity index (χ2v) is 5.34. The minimum atomic E-state index is -0.226. The van der Waals surface area contributed by atoms with Crippen LogP contribution in [0.5, 0.6) is 17.2 Å². The van der Waals surface area contributed by atoms with E-state index in [1.807, 2.05) is 19.0 Å². The normalized spacial score (nSPS) is 10.0. The first-order valence-corrected chi connectivity index (χ1v) is 7.38. The third-order valence-corrected chi connectivity index (χ3v) is 3.53. The van der Waals surface area contributed by atoms with Crippen molar-refractivity contribution in [3.05, 3.63) is 42.0 Å². The number of nitrogens with one attached hydrogen (secondary N) is 1. The van der Waals surface area contributed by atoms with Crippen LogP contribution in [0.2, 0.25) is 0 Å². The maximum Gasteiger partial charge on any atom is 0.255 e. The molecule has 2 aromatic carbocycles. The average Bonchev–Trinajstić information content (AvgIpc) is 2.60. The molecule has 2 aromatic rings. The van der Waals surface area contributed by atoms with E-state index in [-0.39, 0.29) is 5.91 Å². The van der Waals surface area contributed by atoms with E-state index in [0.717, 1.165) is 5.69 Å². The van der Waals surface area contributed by atoms with Gasteiger partial charge in [0.2, 0.25) is 0 Å². The van der Waals surface area contributed by atoms with E-state index in [1.54, 1.807) is 57.7 Å². The van der Waals surface area contributed by atoms with Crippen molar-refractivity contribution in [2.75, 3.05) is 45.6 Å². The maximum atomic E-state index is 12.5. The number of ether oxygens (including phenoxy) is 3. The van der Waals surface area contributed by atoms with Crippen LogP contribution in [0.15, 0.2) is 36.4 Å². The average molecular weight is 330 g/mol. The van der Waals surface area contributed by atoms with Crippen LogP contribution < -0.4 is 24.4 Å². The minimum Gasteiger partial charge on any atom is -0.497 e. The van der Waals surface area contributed by atoms with Crippen molar-refractivity contribution < 1.29 is 19.0 Å². The first kappa shape index (κ1) is 17.5. The molecule has 0 aliphatic heterocycles. The molecule has 1 amide bonds. The number of benzene rings is 2. The largest absolute Gasteiger partial charge is 0.497 e. The molecule has 0 bridgehead atoms. The van der Waals surface area contributed by atoms with Gasteiger partial charge in [0.25, 0.3) is 5.91 Å². The maximum absolute atomic E-state index is 12.5. The number of carbonyl (C=O) groups excluding carboxylic acids is 1. The summed E-state index contributed by atoms with van der Waals surface area (Å²) in [5.74, 6) is 1.69. The third kappa shape index (κ3) is 3.90. The Kier molecular flexibility index (Phi) is 5.52. The summed E-state index contributed by atoms with van der Waals surface area (Å²) in [6, 6.07) is 10.5. The standard InChI is InChI=1S/C18H22N2O4/c1-20(2)16-8-12(6-7-17(16)24-5)18(21)19-13-9-14(22-3)11-15(10-13)23-4/h6-11H,1-5H3,(H,19,21). The zero-order valence-electron chi connectivity index (χ0n) is 14.5. The van der Waals surface area contributed by atoms with Gasteiger partial charge in [0.1, 0.15) is 17.2 Å². The molecule has 0 atom stereocenters. The van der Waals surface area contributed by atoms with E-state index in [0.29, 0.717) is 28.5 Å². The van der Waals surface area contributed by atoms with Crippen molar-refractivity contribution in [1.82, 2.24) is 0 Å². The molecule has 2 rings (SSSR count). The van der Waals surface area contributed by atoms with Gasteiger partial charge in [-0.25, -0.2) is 0 Å².